The molecule has 1 fully saturated rings. The zero-order valence-electron chi connectivity index (χ0n) is 11.4. The summed E-state index contributed by atoms with van der Waals surface area (Å²) >= 11 is 0. The Morgan fingerprint density at radius 1 is 1.37 bits per heavy atom. The molecule has 0 saturated heterocycles. The third kappa shape index (κ3) is 2.56. The van der Waals surface area contributed by atoms with E-state index in [4.69, 9.17) is 5.73 Å². The van der Waals surface area contributed by atoms with E-state index >= 15 is 0 Å². The van der Waals surface area contributed by atoms with Gasteiger partial charge in [-0.15, -0.1) is 0 Å². The van der Waals surface area contributed by atoms with Gasteiger partial charge in [0.2, 0.25) is 0 Å². The molecule has 1 aliphatic carbocycles. The van der Waals surface area contributed by atoms with Crippen molar-refractivity contribution < 1.29 is 0 Å². The summed E-state index contributed by atoms with van der Waals surface area (Å²) in [6, 6.07) is 10.8. The lowest BCUT2D eigenvalue weighted by molar-refractivity contribution is 0.688. The average Bonchev–Trinajstić information content (AvgIpc) is 3.16. The Morgan fingerprint density at radius 3 is 2.95 bits per heavy atom. The zero-order valence-corrected chi connectivity index (χ0v) is 11.4. The monoisotopic (exact) mass is 255 g/mol. The number of hydrogen-bond acceptors (Lipinski definition) is 2. The largest absolute Gasteiger partial charge is 0.330 e. The number of hydrogen-bond donors (Lipinski definition) is 1. The molecule has 1 aromatic heterocycles. The maximum atomic E-state index is 5.65. The van der Waals surface area contributed by atoms with Crippen LogP contribution < -0.4 is 5.73 Å². The first-order valence-electron chi connectivity index (χ1n) is 7.14. The molecule has 100 valence electrons. The fourth-order valence-corrected chi connectivity index (χ4v) is 2.60. The first-order chi connectivity index (χ1) is 9.29. The molecule has 1 saturated carbocycles. The van der Waals surface area contributed by atoms with Crippen LogP contribution >= 0.6 is 0 Å². The Labute approximate surface area is 114 Å². The summed E-state index contributed by atoms with van der Waals surface area (Å²) in [5.41, 5.74) is 9.53. The lowest BCUT2D eigenvalue weighted by atomic mass is 9.97. The SMILES string of the molecule is CC(CCN)c1cccc(-n2nccc2C2CC2)c1. The summed E-state index contributed by atoms with van der Waals surface area (Å²) in [4.78, 5) is 0. The van der Waals surface area contributed by atoms with Gasteiger partial charge in [-0.1, -0.05) is 19.1 Å². The molecule has 0 aliphatic heterocycles. The zero-order chi connectivity index (χ0) is 13.2. The molecule has 0 radical (unpaired) electrons. The number of benzene rings is 1. The van der Waals surface area contributed by atoms with Gasteiger partial charge in [-0.2, -0.15) is 5.10 Å². The van der Waals surface area contributed by atoms with Crippen molar-refractivity contribution >= 4 is 0 Å². The quantitative estimate of drug-likeness (QED) is 0.891. The second kappa shape index (κ2) is 5.17. The van der Waals surface area contributed by atoms with Crippen LogP contribution in [0.25, 0.3) is 5.69 Å². The Hall–Kier alpha value is -1.61. The van der Waals surface area contributed by atoms with Gasteiger partial charge in [-0.05, 0) is 55.5 Å². The first kappa shape index (κ1) is 12.4. The summed E-state index contributed by atoms with van der Waals surface area (Å²) in [6.45, 7) is 2.97. The molecule has 1 aromatic carbocycles. The Morgan fingerprint density at radius 2 is 2.21 bits per heavy atom. The molecule has 2 aromatic rings. The van der Waals surface area contributed by atoms with Gasteiger partial charge in [0.05, 0.1) is 5.69 Å². The maximum Gasteiger partial charge on any atom is 0.0651 e. The van der Waals surface area contributed by atoms with Gasteiger partial charge >= 0.3 is 0 Å². The van der Waals surface area contributed by atoms with Crippen LogP contribution in [0.2, 0.25) is 0 Å². The Bertz CT molecular complexity index is 555. The molecular weight excluding hydrogens is 234 g/mol. The van der Waals surface area contributed by atoms with E-state index in [0.29, 0.717) is 11.8 Å². The molecule has 3 nitrogen and oxygen atoms in total. The smallest absolute Gasteiger partial charge is 0.0651 e. The Balaban J connectivity index is 1.92. The van der Waals surface area contributed by atoms with Gasteiger partial charge in [-0.3, -0.25) is 0 Å². The number of nitrogens with zero attached hydrogens (tertiary/aromatic N) is 2. The van der Waals surface area contributed by atoms with E-state index < -0.39 is 0 Å². The van der Waals surface area contributed by atoms with Crippen molar-refractivity contribution in [3.8, 4) is 5.69 Å². The molecule has 1 heterocycles. The van der Waals surface area contributed by atoms with Crippen LogP contribution in [0.3, 0.4) is 0 Å². The maximum absolute atomic E-state index is 5.65. The highest BCUT2D eigenvalue weighted by atomic mass is 15.3. The summed E-state index contributed by atoms with van der Waals surface area (Å²) in [7, 11) is 0. The van der Waals surface area contributed by atoms with Gasteiger partial charge in [0.25, 0.3) is 0 Å². The summed E-state index contributed by atoms with van der Waals surface area (Å²) in [5, 5.41) is 4.49. The minimum Gasteiger partial charge on any atom is -0.330 e. The highest BCUT2D eigenvalue weighted by molar-refractivity contribution is 5.39. The molecule has 1 aliphatic rings. The fourth-order valence-electron chi connectivity index (χ4n) is 2.60. The van der Waals surface area contributed by atoms with Gasteiger partial charge in [0, 0.05) is 17.8 Å². The van der Waals surface area contributed by atoms with Gasteiger partial charge in [-0.25, -0.2) is 4.68 Å². The van der Waals surface area contributed by atoms with Crippen LogP contribution in [-0.2, 0) is 0 Å². The minimum absolute atomic E-state index is 0.505. The van der Waals surface area contributed by atoms with Crippen LogP contribution in [0.15, 0.2) is 36.5 Å². The highest BCUT2D eigenvalue weighted by Gasteiger charge is 2.27. The van der Waals surface area contributed by atoms with E-state index in [9.17, 15) is 0 Å². The van der Waals surface area contributed by atoms with Crippen molar-refractivity contribution in [1.82, 2.24) is 9.78 Å². The predicted molar refractivity (Wildman–Crippen MR) is 77.6 cm³/mol. The van der Waals surface area contributed by atoms with E-state index in [1.54, 1.807) is 0 Å². The van der Waals surface area contributed by atoms with Gasteiger partial charge in [0.15, 0.2) is 0 Å². The van der Waals surface area contributed by atoms with E-state index in [1.807, 2.05) is 6.20 Å². The normalized spacial score (nSPS) is 16.5. The minimum atomic E-state index is 0.505. The van der Waals surface area contributed by atoms with E-state index in [1.165, 1.54) is 29.8 Å². The number of nitrogens with two attached hydrogens (primary N) is 1. The van der Waals surface area contributed by atoms with Crippen molar-refractivity contribution in [2.75, 3.05) is 6.54 Å². The molecule has 2 N–H and O–H groups in total. The molecule has 19 heavy (non-hydrogen) atoms. The summed E-state index contributed by atoms with van der Waals surface area (Å²) in [6.07, 6.45) is 5.53. The molecule has 0 bridgehead atoms. The van der Waals surface area contributed by atoms with Crippen LogP contribution in [0.1, 0.15) is 49.3 Å². The van der Waals surface area contributed by atoms with Crippen LogP contribution in [0, 0.1) is 0 Å². The number of aromatic nitrogens is 2. The summed E-state index contributed by atoms with van der Waals surface area (Å²) in [5.74, 6) is 1.22. The van der Waals surface area contributed by atoms with Crippen molar-refractivity contribution in [1.29, 1.82) is 0 Å². The topological polar surface area (TPSA) is 43.8 Å². The number of rotatable bonds is 5. The molecule has 1 atom stereocenters. The van der Waals surface area contributed by atoms with E-state index in [2.05, 4.69) is 47.0 Å². The second-order valence-electron chi connectivity index (χ2n) is 5.52. The molecule has 3 heteroatoms. The molecule has 0 spiro atoms. The van der Waals surface area contributed by atoms with Gasteiger partial charge in [0.1, 0.15) is 0 Å². The standard InChI is InChI=1S/C16H21N3/c1-12(7-9-17)14-3-2-4-15(11-14)19-16(8-10-18-19)13-5-6-13/h2-4,8,10-13H,5-7,9,17H2,1H3. The third-order valence-corrected chi connectivity index (χ3v) is 3.95. The van der Waals surface area contributed by atoms with Crippen molar-refractivity contribution in [3.05, 3.63) is 47.8 Å². The second-order valence-corrected chi connectivity index (χ2v) is 5.52. The van der Waals surface area contributed by atoms with Crippen molar-refractivity contribution in [2.24, 2.45) is 5.73 Å². The Kier molecular flexibility index (Phi) is 3.38. The van der Waals surface area contributed by atoms with E-state index in [-0.39, 0.29) is 0 Å². The lowest BCUT2D eigenvalue weighted by Gasteiger charge is -2.13. The van der Waals surface area contributed by atoms with Gasteiger partial charge < -0.3 is 5.73 Å². The first-order valence-corrected chi connectivity index (χ1v) is 7.14. The average molecular weight is 255 g/mol. The molecule has 3 rings (SSSR count). The predicted octanol–water partition coefficient (Wildman–Crippen LogP) is 3.20. The van der Waals surface area contributed by atoms with Crippen LogP contribution in [0.4, 0.5) is 0 Å². The van der Waals surface area contributed by atoms with E-state index in [0.717, 1.165) is 13.0 Å². The molecular formula is C16H21N3. The van der Waals surface area contributed by atoms with Crippen LogP contribution in [-0.4, -0.2) is 16.3 Å². The van der Waals surface area contributed by atoms with Crippen LogP contribution in [0.5, 0.6) is 0 Å². The summed E-state index contributed by atoms with van der Waals surface area (Å²) < 4.78 is 2.09. The molecule has 0 amide bonds. The fraction of sp³-hybridized carbons (Fsp3) is 0.438. The highest BCUT2D eigenvalue weighted by Crippen LogP contribution is 2.40. The lowest BCUT2D eigenvalue weighted by Crippen LogP contribution is -2.06. The molecule has 1 unspecified atom stereocenters. The third-order valence-electron chi connectivity index (χ3n) is 3.95. The van der Waals surface area contributed by atoms with Crippen molar-refractivity contribution in [2.45, 2.75) is 38.0 Å². The van der Waals surface area contributed by atoms with Crippen molar-refractivity contribution in [3.63, 3.8) is 0 Å².